The molecule has 0 bridgehead atoms. The van der Waals surface area contributed by atoms with Crippen molar-refractivity contribution in [1.29, 1.82) is 0 Å². The Morgan fingerprint density at radius 2 is 1.84 bits per heavy atom. The lowest BCUT2D eigenvalue weighted by atomic mass is 9.92. The van der Waals surface area contributed by atoms with Crippen LogP contribution in [-0.4, -0.2) is 20.1 Å². The molecule has 2 rings (SSSR count). The van der Waals surface area contributed by atoms with E-state index < -0.39 is 0 Å². The van der Waals surface area contributed by atoms with E-state index in [-0.39, 0.29) is 0 Å². The first kappa shape index (κ1) is 14.5. The van der Waals surface area contributed by atoms with Crippen LogP contribution in [0.4, 0.5) is 0 Å². The van der Waals surface area contributed by atoms with Gasteiger partial charge < -0.3 is 10.6 Å². The van der Waals surface area contributed by atoms with Gasteiger partial charge in [0.05, 0.1) is 0 Å². The Morgan fingerprint density at radius 3 is 2.42 bits per heavy atom. The van der Waals surface area contributed by atoms with Crippen LogP contribution in [0.2, 0.25) is 0 Å². The smallest absolute Gasteiger partial charge is 0.0208 e. The van der Waals surface area contributed by atoms with Gasteiger partial charge in [0.2, 0.25) is 0 Å². The maximum absolute atomic E-state index is 3.68. The second-order valence-corrected chi connectivity index (χ2v) is 6.24. The molecule has 0 heterocycles. The SMILES string of the molecule is CNCCc1ccccc1CNCC1(C(C)C)CC1. The minimum Gasteiger partial charge on any atom is -0.319 e. The molecule has 0 amide bonds. The van der Waals surface area contributed by atoms with E-state index >= 15 is 0 Å². The highest BCUT2D eigenvalue weighted by Crippen LogP contribution is 2.51. The van der Waals surface area contributed by atoms with Crippen LogP contribution < -0.4 is 10.6 Å². The number of hydrogen-bond donors (Lipinski definition) is 2. The highest BCUT2D eigenvalue weighted by Gasteiger charge is 2.44. The summed E-state index contributed by atoms with van der Waals surface area (Å²) >= 11 is 0. The molecule has 106 valence electrons. The largest absolute Gasteiger partial charge is 0.319 e. The van der Waals surface area contributed by atoms with Gasteiger partial charge in [0.25, 0.3) is 0 Å². The van der Waals surface area contributed by atoms with Crippen molar-refractivity contribution in [3.05, 3.63) is 35.4 Å². The quantitative estimate of drug-likeness (QED) is 0.751. The number of likely N-dealkylation sites (N-methyl/N-ethyl adjacent to an activating group) is 1. The van der Waals surface area contributed by atoms with Crippen molar-refractivity contribution in [2.24, 2.45) is 11.3 Å². The minimum atomic E-state index is 0.597. The van der Waals surface area contributed by atoms with E-state index in [1.165, 1.54) is 30.5 Å². The lowest BCUT2D eigenvalue weighted by Gasteiger charge is -2.20. The summed E-state index contributed by atoms with van der Waals surface area (Å²) in [5.74, 6) is 0.805. The first-order valence-corrected chi connectivity index (χ1v) is 7.60. The summed E-state index contributed by atoms with van der Waals surface area (Å²) in [4.78, 5) is 0. The molecule has 1 saturated carbocycles. The summed E-state index contributed by atoms with van der Waals surface area (Å²) in [5.41, 5.74) is 3.52. The van der Waals surface area contributed by atoms with Gasteiger partial charge in [0.15, 0.2) is 0 Å². The molecule has 1 aliphatic rings. The summed E-state index contributed by atoms with van der Waals surface area (Å²) < 4.78 is 0. The molecule has 0 saturated heterocycles. The number of rotatable bonds is 8. The molecule has 0 aliphatic heterocycles. The molecule has 1 aromatic carbocycles. The first-order valence-electron chi connectivity index (χ1n) is 7.60. The summed E-state index contributed by atoms with van der Waals surface area (Å²) in [6, 6.07) is 8.80. The van der Waals surface area contributed by atoms with Crippen molar-refractivity contribution in [3.63, 3.8) is 0 Å². The van der Waals surface area contributed by atoms with Gasteiger partial charge in [-0.15, -0.1) is 0 Å². The summed E-state index contributed by atoms with van der Waals surface area (Å²) in [7, 11) is 2.01. The lowest BCUT2D eigenvalue weighted by molar-refractivity contribution is 0.337. The molecule has 0 unspecified atom stereocenters. The standard InChI is InChI=1S/C17H28N2/c1-14(2)17(9-10-17)13-19-12-16-7-5-4-6-15(16)8-11-18-3/h4-7,14,18-19H,8-13H2,1-3H3. The molecule has 0 aromatic heterocycles. The van der Waals surface area contributed by atoms with Crippen molar-refractivity contribution < 1.29 is 0 Å². The fraction of sp³-hybridized carbons (Fsp3) is 0.647. The molecule has 2 N–H and O–H groups in total. The predicted molar refractivity (Wildman–Crippen MR) is 82.3 cm³/mol. The molecular formula is C17H28N2. The minimum absolute atomic E-state index is 0.597. The van der Waals surface area contributed by atoms with Crippen LogP contribution in [0.25, 0.3) is 0 Å². The maximum Gasteiger partial charge on any atom is 0.0208 e. The fourth-order valence-electron chi connectivity index (χ4n) is 2.80. The molecule has 2 heteroatoms. The van der Waals surface area contributed by atoms with Crippen molar-refractivity contribution in [2.45, 2.75) is 39.7 Å². The van der Waals surface area contributed by atoms with Gasteiger partial charge in [-0.2, -0.15) is 0 Å². The zero-order chi connectivity index (χ0) is 13.7. The van der Waals surface area contributed by atoms with Gasteiger partial charge in [0, 0.05) is 13.1 Å². The predicted octanol–water partition coefficient (Wildman–Crippen LogP) is 2.97. The van der Waals surface area contributed by atoms with Crippen LogP contribution in [-0.2, 0) is 13.0 Å². The first-order chi connectivity index (χ1) is 9.18. The van der Waals surface area contributed by atoms with E-state index in [2.05, 4.69) is 48.7 Å². The highest BCUT2D eigenvalue weighted by molar-refractivity contribution is 5.27. The fourth-order valence-corrected chi connectivity index (χ4v) is 2.80. The maximum atomic E-state index is 3.68. The molecule has 0 radical (unpaired) electrons. The molecule has 1 aliphatic carbocycles. The monoisotopic (exact) mass is 260 g/mol. The Morgan fingerprint density at radius 1 is 1.16 bits per heavy atom. The van der Waals surface area contributed by atoms with Crippen molar-refractivity contribution in [3.8, 4) is 0 Å². The third-order valence-electron chi connectivity index (χ3n) is 4.67. The normalized spacial score (nSPS) is 16.8. The molecule has 0 spiro atoms. The lowest BCUT2D eigenvalue weighted by Crippen LogP contribution is -2.27. The van der Waals surface area contributed by atoms with E-state index in [1.807, 2.05) is 7.05 Å². The third-order valence-corrected chi connectivity index (χ3v) is 4.67. The molecule has 1 fully saturated rings. The van der Waals surface area contributed by atoms with Crippen LogP contribution in [0.3, 0.4) is 0 Å². The van der Waals surface area contributed by atoms with Gasteiger partial charge in [-0.1, -0.05) is 38.1 Å². The van der Waals surface area contributed by atoms with Crippen molar-refractivity contribution in [2.75, 3.05) is 20.1 Å². The Bertz CT molecular complexity index is 394. The molecule has 0 atom stereocenters. The van der Waals surface area contributed by atoms with Gasteiger partial charge in [-0.05, 0) is 55.3 Å². The molecular weight excluding hydrogens is 232 g/mol. The zero-order valence-corrected chi connectivity index (χ0v) is 12.6. The number of hydrogen-bond acceptors (Lipinski definition) is 2. The van der Waals surface area contributed by atoms with Gasteiger partial charge in [-0.3, -0.25) is 0 Å². The van der Waals surface area contributed by atoms with Crippen molar-refractivity contribution in [1.82, 2.24) is 10.6 Å². The van der Waals surface area contributed by atoms with Gasteiger partial charge in [0.1, 0.15) is 0 Å². The average molecular weight is 260 g/mol. The van der Waals surface area contributed by atoms with Crippen LogP contribution in [0.15, 0.2) is 24.3 Å². The van der Waals surface area contributed by atoms with Crippen LogP contribution in [0.1, 0.15) is 37.8 Å². The summed E-state index contributed by atoms with van der Waals surface area (Å²) in [5, 5.41) is 6.91. The topological polar surface area (TPSA) is 24.1 Å². The number of nitrogens with one attached hydrogen (secondary N) is 2. The van der Waals surface area contributed by atoms with Gasteiger partial charge >= 0.3 is 0 Å². The molecule has 1 aromatic rings. The second-order valence-electron chi connectivity index (χ2n) is 6.24. The number of benzene rings is 1. The summed E-state index contributed by atoms with van der Waals surface area (Å²) in [6.45, 7) is 7.94. The Hall–Kier alpha value is -0.860. The Balaban J connectivity index is 1.85. The van der Waals surface area contributed by atoms with E-state index in [4.69, 9.17) is 0 Å². The Labute approximate surface area is 118 Å². The molecule has 19 heavy (non-hydrogen) atoms. The van der Waals surface area contributed by atoms with E-state index in [9.17, 15) is 0 Å². The van der Waals surface area contributed by atoms with Crippen LogP contribution in [0, 0.1) is 11.3 Å². The summed E-state index contributed by atoms with van der Waals surface area (Å²) in [6.07, 6.45) is 3.92. The van der Waals surface area contributed by atoms with Crippen LogP contribution in [0.5, 0.6) is 0 Å². The molecule has 2 nitrogen and oxygen atoms in total. The highest BCUT2D eigenvalue weighted by atomic mass is 14.9. The van der Waals surface area contributed by atoms with E-state index in [0.29, 0.717) is 5.41 Å². The van der Waals surface area contributed by atoms with Crippen molar-refractivity contribution >= 4 is 0 Å². The van der Waals surface area contributed by atoms with Crippen LogP contribution >= 0.6 is 0 Å². The third kappa shape index (κ3) is 3.80. The second kappa shape index (κ2) is 6.53. The average Bonchev–Trinajstić information content (AvgIpc) is 3.19. The van der Waals surface area contributed by atoms with E-state index in [0.717, 1.165) is 25.4 Å². The Kier molecular flexibility index (Phi) is 5.00. The zero-order valence-electron chi connectivity index (χ0n) is 12.6. The van der Waals surface area contributed by atoms with Gasteiger partial charge in [-0.25, -0.2) is 0 Å². The van der Waals surface area contributed by atoms with E-state index in [1.54, 1.807) is 0 Å².